The number of nitrogens with zero attached hydrogens (tertiary/aromatic N) is 2. The molecule has 0 unspecified atom stereocenters. The summed E-state index contributed by atoms with van der Waals surface area (Å²) in [5, 5.41) is 3.07. The normalized spacial score (nSPS) is 19.5. The molecule has 1 amide bonds. The lowest BCUT2D eigenvalue weighted by Gasteiger charge is -2.28. The molecular weight excluding hydrogens is 358 g/mol. The third kappa shape index (κ3) is 4.38. The number of carbonyl (C=O) groups is 1. The van der Waals surface area contributed by atoms with Crippen LogP contribution in [0.2, 0.25) is 0 Å². The molecule has 1 N–H and O–H groups in total. The fourth-order valence-corrected chi connectivity index (χ4v) is 4.54. The van der Waals surface area contributed by atoms with E-state index in [1.165, 1.54) is 25.9 Å². The molecule has 0 aliphatic carbocycles. The third-order valence-corrected chi connectivity index (χ3v) is 6.31. The Hall–Kier alpha value is -2.59. The van der Waals surface area contributed by atoms with E-state index in [9.17, 15) is 4.79 Å². The molecule has 2 fully saturated rings. The number of hydrogen-bond acceptors (Lipinski definition) is 3. The molecule has 0 radical (unpaired) electrons. The van der Waals surface area contributed by atoms with Gasteiger partial charge in [0.15, 0.2) is 0 Å². The molecule has 4 rings (SSSR count). The summed E-state index contributed by atoms with van der Waals surface area (Å²) in [5.74, 6) is 0.180. The van der Waals surface area contributed by atoms with Crippen LogP contribution in [-0.2, 0) is 0 Å². The van der Waals surface area contributed by atoms with Gasteiger partial charge >= 0.3 is 0 Å². The van der Waals surface area contributed by atoms with Crippen molar-refractivity contribution in [3.05, 3.63) is 66.2 Å². The Bertz CT molecular complexity index is 851. The van der Waals surface area contributed by atoms with Crippen molar-refractivity contribution in [3.8, 4) is 11.1 Å². The van der Waals surface area contributed by atoms with Gasteiger partial charge < -0.3 is 15.1 Å². The fourth-order valence-electron chi connectivity index (χ4n) is 4.54. The molecule has 2 aromatic rings. The van der Waals surface area contributed by atoms with Crippen LogP contribution < -0.4 is 5.32 Å². The molecular formula is C25H31N3O. The largest absolute Gasteiger partial charge is 0.388 e. The number of rotatable bonds is 6. The highest BCUT2D eigenvalue weighted by Gasteiger charge is 2.31. The molecule has 0 spiro atoms. The van der Waals surface area contributed by atoms with Gasteiger partial charge in [-0.15, -0.1) is 0 Å². The summed E-state index contributed by atoms with van der Waals surface area (Å²) in [7, 11) is 1.88. The molecule has 2 aliphatic rings. The number of benzene rings is 2. The lowest BCUT2D eigenvalue weighted by atomic mass is 10.0. The number of nitrogens with one attached hydrogen (secondary N) is 1. The van der Waals surface area contributed by atoms with E-state index in [4.69, 9.17) is 0 Å². The number of carbonyl (C=O) groups excluding carboxylic acids is 1. The van der Waals surface area contributed by atoms with Crippen molar-refractivity contribution in [2.24, 2.45) is 0 Å². The van der Waals surface area contributed by atoms with Crippen molar-refractivity contribution in [1.82, 2.24) is 15.1 Å². The van der Waals surface area contributed by atoms with Gasteiger partial charge in [-0.1, -0.05) is 43.0 Å². The summed E-state index contributed by atoms with van der Waals surface area (Å²) >= 11 is 0. The van der Waals surface area contributed by atoms with Gasteiger partial charge in [-0.25, -0.2) is 0 Å². The van der Waals surface area contributed by atoms with E-state index >= 15 is 0 Å². The second-order valence-corrected chi connectivity index (χ2v) is 8.19. The lowest BCUT2D eigenvalue weighted by Crippen LogP contribution is -2.42. The number of hydrogen-bond donors (Lipinski definition) is 1. The molecule has 2 aliphatic heterocycles. The van der Waals surface area contributed by atoms with Crippen LogP contribution in [0, 0.1) is 0 Å². The zero-order chi connectivity index (χ0) is 20.2. The molecule has 0 aromatic heterocycles. The van der Waals surface area contributed by atoms with Crippen LogP contribution in [0.5, 0.6) is 0 Å². The summed E-state index contributed by atoms with van der Waals surface area (Å²) in [6, 6.07) is 16.8. The van der Waals surface area contributed by atoms with Gasteiger partial charge in [0, 0.05) is 37.4 Å². The van der Waals surface area contributed by atoms with E-state index in [0.29, 0.717) is 6.04 Å². The highest BCUT2D eigenvalue weighted by Crippen LogP contribution is 2.25. The molecule has 2 aromatic carbocycles. The predicted molar refractivity (Wildman–Crippen MR) is 120 cm³/mol. The van der Waals surface area contributed by atoms with Crippen LogP contribution in [-0.4, -0.2) is 55.0 Å². The zero-order valence-electron chi connectivity index (χ0n) is 17.4. The first kappa shape index (κ1) is 19.7. The van der Waals surface area contributed by atoms with Crippen molar-refractivity contribution in [3.63, 3.8) is 0 Å². The first-order chi connectivity index (χ1) is 14.2. The van der Waals surface area contributed by atoms with E-state index in [1.54, 1.807) is 0 Å². The lowest BCUT2D eigenvalue weighted by molar-refractivity contribution is 0.0709. The van der Waals surface area contributed by atoms with Crippen molar-refractivity contribution in [2.45, 2.75) is 31.7 Å². The van der Waals surface area contributed by atoms with E-state index < -0.39 is 0 Å². The summed E-state index contributed by atoms with van der Waals surface area (Å²) in [5.41, 5.74) is 5.05. The molecule has 2 heterocycles. The molecule has 152 valence electrons. The van der Waals surface area contributed by atoms with E-state index in [1.807, 2.05) is 19.2 Å². The Morgan fingerprint density at radius 1 is 0.931 bits per heavy atom. The predicted octanol–water partition coefficient (Wildman–Crippen LogP) is 4.24. The standard InChI is InChI=1S/C25H31N3O/c1-19(26-2)20-7-9-21(10-8-20)22-11-13-23(14-12-22)25(29)28-17-5-6-24(28)18-27-15-3-4-16-27/h7-14,24,26H,1,3-6,15-18H2,2H3/t24-/m0/s1. The molecule has 4 nitrogen and oxygen atoms in total. The second-order valence-electron chi connectivity index (χ2n) is 8.19. The Balaban J connectivity index is 1.44. The Morgan fingerprint density at radius 2 is 1.52 bits per heavy atom. The minimum atomic E-state index is 0.180. The molecule has 4 heteroatoms. The molecule has 0 saturated carbocycles. The summed E-state index contributed by atoms with van der Waals surface area (Å²) in [6.45, 7) is 8.29. The smallest absolute Gasteiger partial charge is 0.254 e. The molecule has 2 saturated heterocycles. The van der Waals surface area contributed by atoms with Gasteiger partial charge in [0.25, 0.3) is 5.91 Å². The highest BCUT2D eigenvalue weighted by molar-refractivity contribution is 5.95. The monoisotopic (exact) mass is 389 g/mol. The quantitative estimate of drug-likeness (QED) is 0.802. The first-order valence-electron chi connectivity index (χ1n) is 10.8. The highest BCUT2D eigenvalue weighted by atomic mass is 16.2. The van der Waals surface area contributed by atoms with E-state index in [0.717, 1.165) is 53.9 Å². The minimum absolute atomic E-state index is 0.180. The zero-order valence-corrected chi connectivity index (χ0v) is 17.4. The maximum atomic E-state index is 13.1. The number of likely N-dealkylation sites (tertiary alicyclic amines) is 2. The average molecular weight is 390 g/mol. The van der Waals surface area contributed by atoms with Crippen molar-refractivity contribution in [2.75, 3.05) is 33.2 Å². The number of amides is 1. The molecule has 1 atom stereocenters. The van der Waals surface area contributed by atoms with Crippen LogP contribution in [0.3, 0.4) is 0 Å². The van der Waals surface area contributed by atoms with E-state index in [2.05, 4.69) is 58.1 Å². The van der Waals surface area contributed by atoms with Crippen LogP contribution in [0.15, 0.2) is 55.1 Å². The average Bonchev–Trinajstić information content (AvgIpc) is 3.45. The minimum Gasteiger partial charge on any atom is -0.388 e. The fraction of sp³-hybridized carbons (Fsp3) is 0.400. The van der Waals surface area contributed by atoms with Gasteiger partial charge in [-0.05, 0) is 67.6 Å². The third-order valence-electron chi connectivity index (χ3n) is 6.31. The van der Waals surface area contributed by atoms with Gasteiger partial charge in [0.05, 0.1) is 0 Å². The van der Waals surface area contributed by atoms with Gasteiger partial charge in [-0.3, -0.25) is 4.79 Å². The SMILES string of the molecule is C=C(NC)c1ccc(-c2ccc(C(=O)N3CCC[C@H]3CN3CCCC3)cc2)cc1. The van der Waals surface area contributed by atoms with Crippen LogP contribution in [0.25, 0.3) is 16.8 Å². The van der Waals surface area contributed by atoms with Gasteiger partial charge in [0.2, 0.25) is 0 Å². The molecule has 29 heavy (non-hydrogen) atoms. The van der Waals surface area contributed by atoms with Crippen molar-refractivity contribution < 1.29 is 4.79 Å². The second kappa shape index (κ2) is 8.83. The maximum Gasteiger partial charge on any atom is 0.254 e. The summed E-state index contributed by atoms with van der Waals surface area (Å²) < 4.78 is 0. The summed E-state index contributed by atoms with van der Waals surface area (Å²) in [6.07, 6.45) is 4.84. The van der Waals surface area contributed by atoms with Crippen LogP contribution in [0.1, 0.15) is 41.6 Å². The topological polar surface area (TPSA) is 35.6 Å². The van der Waals surface area contributed by atoms with E-state index in [-0.39, 0.29) is 5.91 Å². The van der Waals surface area contributed by atoms with Crippen LogP contribution in [0.4, 0.5) is 0 Å². The van der Waals surface area contributed by atoms with Crippen molar-refractivity contribution in [1.29, 1.82) is 0 Å². The van der Waals surface area contributed by atoms with Gasteiger partial charge in [0.1, 0.15) is 0 Å². The molecule has 0 bridgehead atoms. The Morgan fingerprint density at radius 3 is 2.10 bits per heavy atom. The van der Waals surface area contributed by atoms with Crippen molar-refractivity contribution >= 4 is 11.6 Å². The first-order valence-corrected chi connectivity index (χ1v) is 10.8. The van der Waals surface area contributed by atoms with Gasteiger partial charge in [-0.2, -0.15) is 0 Å². The Kier molecular flexibility index (Phi) is 6.00. The maximum absolute atomic E-state index is 13.1. The summed E-state index contributed by atoms with van der Waals surface area (Å²) in [4.78, 5) is 17.7. The Labute approximate surface area is 174 Å². The van der Waals surface area contributed by atoms with Crippen LogP contribution >= 0.6 is 0 Å².